The molecule has 2 aromatic rings. The fourth-order valence-electron chi connectivity index (χ4n) is 3.53. The molecule has 1 fully saturated rings. The lowest BCUT2D eigenvalue weighted by Crippen LogP contribution is -2.23. The van der Waals surface area contributed by atoms with E-state index in [0.29, 0.717) is 0 Å². The molecule has 0 bridgehead atoms. The minimum atomic E-state index is 1.06. The highest BCUT2D eigenvalue weighted by Crippen LogP contribution is 2.26. The Balaban J connectivity index is 1.93. The predicted octanol–water partition coefficient (Wildman–Crippen LogP) is 4.35. The van der Waals surface area contributed by atoms with Gasteiger partial charge in [0.05, 0.1) is 5.52 Å². The van der Waals surface area contributed by atoms with Gasteiger partial charge in [0.25, 0.3) is 0 Å². The first kappa shape index (κ1) is 13.7. The van der Waals surface area contributed by atoms with Gasteiger partial charge in [-0.2, -0.15) is 0 Å². The smallest absolute Gasteiger partial charge is 0.0513 e. The van der Waals surface area contributed by atoms with Gasteiger partial charge in [0.1, 0.15) is 0 Å². The van der Waals surface area contributed by atoms with E-state index in [1.54, 1.807) is 0 Å². The second-order valence-corrected chi connectivity index (χ2v) is 6.10. The molecule has 0 N–H and O–H groups in total. The van der Waals surface area contributed by atoms with Crippen LogP contribution in [0.3, 0.4) is 0 Å². The molecule has 1 saturated heterocycles. The third-order valence-electron chi connectivity index (χ3n) is 4.62. The SMILES string of the molecule is CCn1cc(CN2CCCCCC2)c2cccc(C)c21. The maximum Gasteiger partial charge on any atom is 0.0513 e. The van der Waals surface area contributed by atoms with Crippen molar-refractivity contribution < 1.29 is 0 Å². The second-order valence-electron chi connectivity index (χ2n) is 6.10. The van der Waals surface area contributed by atoms with Gasteiger partial charge in [0.2, 0.25) is 0 Å². The van der Waals surface area contributed by atoms with Crippen molar-refractivity contribution >= 4 is 10.9 Å². The Bertz CT molecular complexity index is 574. The molecule has 2 nitrogen and oxygen atoms in total. The van der Waals surface area contributed by atoms with Crippen LogP contribution in [0.25, 0.3) is 10.9 Å². The van der Waals surface area contributed by atoms with Crippen LogP contribution in [0.5, 0.6) is 0 Å². The number of hydrogen-bond acceptors (Lipinski definition) is 1. The Morgan fingerprint density at radius 1 is 1.05 bits per heavy atom. The molecule has 3 rings (SSSR count). The molecule has 108 valence electrons. The number of hydrogen-bond donors (Lipinski definition) is 0. The first-order valence-electron chi connectivity index (χ1n) is 8.09. The van der Waals surface area contributed by atoms with Crippen molar-refractivity contribution in [2.75, 3.05) is 13.1 Å². The molecule has 0 atom stereocenters. The van der Waals surface area contributed by atoms with Crippen LogP contribution in [0.2, 0.25) is 0 Å². The zero-order valence-electron chi connectivity index (χ0n) is 12.9. The lowest BCUT2D eigenvalue weighted by molar-refractivity contribution is 0.278. The van der Waals surface area contributed by atoms with Crippen LogP contribution >= 0.6 is 0 Å². The summed E-state index contributed by atoms with van der Waals surface area (Å²) in [6.07, 6.45) is 7.93. The van der Waals surface area contributed by atoms with Crippen LogP contribution in [0.15, 0.2) is 24.4 Å². The van der Waals surface area contributed by atoms with Crippen LogP contribution in [-0.4, -0.2) is 22.6 Å². The molecule has 2 heteroatoms. The van der Waals surface area contributed by atoms with Crippen molar-refractivity contribution in [2.45, 2.75) is 52.6 Å². The van der Waals surface area contributed by atoms with Gasteiger partial charge in [0.15, 0.2) is 0 Å². The number of rotatable bonds is 3. The van der Waals surface area contributed by atoms with Gasteiger partial charge < -0.3 is 4.57 Å². The first-order valence-corrected chi connectivity index (χ1v) is 8.09. The summed E-state index contributed by atoms with van der Waals surface area (Å²) in [4.78, 5) is 2.64. The van der Waals surface area contributed by atoms with Crippen molar-refractivity contribution in [1.82, 2.24) is 9.47 Å². The van der Waals surface area contributed by atoms with Gasteiger partial charge >= 0.3 is 0 Å². The number of benzene rings is 1. The molecule has 1 aliphatic rings. The quantitative estimate of drug-likeness (QED) is 0.805. The summed E-state index contributed by atoms with van der Waals surface area (Å²) >= 11 is 0. The van der Waals surface area contributed by atoms with E-state index in [9.17, 15) is 0 Å². The van der Waals surface area contributed by atoms with Crippen LogP contribution in [0, 0.1) is 6.92 Å². The molecule has 2 heterocycles. The highest BCUT2D eigenvalue weighted by molar-refractivity contribution is 5.86. The van der Waals surface area contributed by atoms with E-state index in [4.69, 9.17) is 0 Å². The minimum absolute atomic E-state index is 1.06. The Morgan fingerprint density at radius 2 is 1.80 bits per heavy atom. The zero-order chi connectivity index (χ0) is 13.9. The Kier molecular flexibility index (Phi) is 4.11. The van der Waals surface area contributed by atoms with Gasteiger partial charge in [-0.05, 0) is 50.9 Å². The number of fused-ring (bicyclic) bond motifs is 1. The van der Waals surface area contributed by atoms with Crippen LogP contribution in [0.1, 0.15) is 43.7 Å². The average molecular weight is 270 g/mol. The van der Waals surface area contributed by atoms with Crippen molar-refractivity contribution in [1.29, 1.82) is 0 Å². The van der Waals surface area contributed by atoms with Crippen molar-refractivity contribution in [3.8, 4) is 0 Å². The van der Waals surface area contributed by atoms with E-state index in [-0.39, 0.29) is 0 Å². The molecule has 0 amide bonds. The number of nitrogens with zero attached hydrogens (tertiary/aromatic N) is 2. The van der Waals surface area contributed by atoms with Crippen molar-refractivity contribution in [3.05, 3.63) is 35.5 Å². The van der Waals surface area contributed by atoms with E-state index >= 15 is 0 Å². The maximum atomic E-state index is 2.64. The van der Waals surface area contributed by atoms with Gasteiger partial charge in [-0.25, -0.2) is 0 Å². The van der Waals surface area contributed by atoms with E-state index < -0.39 is 0 Å². The lowest BCUT2D eigenvalue weighted by Gasteiger charge is -2.19. The molecular formula is C18H26N2. The lowest BCUT2D eigenvalue weighted by atomic mass is 10.1. The number of para-hydroxylation sites is 1. The van der Waals surface area contributed by atoms with Gasteiger partial charge in [-0.15, -0.1) is 0 Å². The van der Waals surface area contributed by atoms with E-state index in [0.717, 1.165) is 13.1 Å². The van der Waals surface area contributed by atoms with Crippen molar-refractivity contribution in [3.63, 3.8) is 0 Å². The summed E-state index contributed by atoms with van der Waals surface area (Å²) in [6, 6.07) is 6.72. The summed E-state index contributed by atoms with van der Waals surface area (Å²) in [5.41, 5.74) is 4.33. The molecule has 0 aliphatic carbocycles. The maximum absolute atomic E-state index is 2.64. The van der Waals surface area contributed by atoms with Crippen LogP contribution < -0.4 is 0 Å². The zero-order valence-corrected chi connectivity index (χ0v) is 12.9. The second kappa shape index (κ2) is 6.01. The Labute approximate surface area is 122 Å². The van der Waals surface area contributed by atoms with Crippen molar-refractivity contribution in [2.24, 2.45) is 0 Å². The topological polar surface area (TPSA) is 8.17 Å². The fourth-order valence-corrected chi connectivity index (χ4v) is 3.53. The summed E-state index contributed by atoms with van der Waals surface area (Å²) in [7, 11) is 0. The third kappa shape index (κ3) is 2.62. The van der Waals surface area contributed by atoms with Gasteiger partial charge in [-0.1, -0.05) is 31.0 Å². The Hall–Kier alpha value is -1.28. The summed E-state index contributed by atoms with van der Waals surface area (Å²) in [5, 5.41) is 1.45. The summed E-state index contributed by atoms with van der Waals surface area (Å²) in [6.45, 7) is 9.18. The normalized spacial score (nSPS) is 17.5. The highest BCUT2D eigenvalue weighted by Gasteiger charge is 2.14. The van der Waals surface area contributed by atoms with Gasteiger partial charge in [0, 0.05) is 24.7 Å². The average Bonchev–Trinajstić information content (AvgIpc) is 2.63. The number of aryl methyl sites for hydroxylation is 2. The van der Waals surface area contributed by atoms with E-state index in [1.165, 1.54) is 60.8 Å². The first-order chi connectivity index (χ1) is 9.79. The highest BCUT2D eigenvalue weighted by atomic mass is 15.1. The molecule has 0 spiro atoms. The van der Waals surface area contributed by atoms with Gasteiger partial charge in [-0.3, -0.25) is 4.90 Å². The number of likely N-dealkylation sites (tertiary alicyclic amines) is 1. The van der Waals surface area contributed by atoms with Crippen LogP contribution in [-0.2, 0) is 13.1 Å². The van der Waals surface area contributed by atoms with E-state index in [1.807, 2.05) is 0 Å². The molecule has 1 aliphatic heterocycles. The molecule has 1 aromatic heterocycles. The summed E-state index contributed by atoms with van der Waals surface area (Å²) < 4.78 is 2.41. The largest absolute Gasteiger partial charge is 0.347 e. The molecular weight excluding hydrogens is 244 g/mol. The van der Waals surface area contributed by atoms with E-state index in [2.05, 4.69) is 47.7 Å². The molecule has 0 saturated carbocycles. The van der Waals surface area contributed by atoms with Crippen LogP contribution in [0.4, 0.5) is 0 Å². The molecule has 0 radical (unpaired) electrons. The molecule has 0 unspecified atom stereocenters. The molecule has 20 heavy (non-hydrogen) atoms. The predicted molar refractivity (Wildman–Crippen MR) is 86.1 cm³/mol. The Morgan fingerprint density at radius 3 is 2.50 bits per heavy atom. The standard InChI is InChI=1S/C18H26N2/c1-3-20-14-16(13-19-11-6-4-5-7-12-19)17-10-8-9-15(2)18(17)20/h8-10,14H,3-7,11-13H2,1-2H3. The number of aromatic nitrogens is 1. The minimum Gasteiger partial charge on any atom is -0.347 e. The molecule has 1 aromatic carbocycles. The fraction of sp³-hybridized carbons (Fsp3) is 0.556. The monoisotopic (exact) mass is 270 g/mol. The summed E-state index contributed by atoms with van der Waals surface area (Å²) in [5.74, 6) is 0. The third-order valence-corrected chi connectivity index (χ3v) is 4.62.